The van der Waals surface area contributed by atoms with Crippen LogP contribution in [0.5, 0.6) is 0 Å². The Morgan fingerprint density at radius 3 is 2.94 bits per heavy atom. The molecule has 0 spiro atoms. The van der Waals surface area contributed by atoms with Gasteiger partial charge >= 0.3 is 0 Å². The molecule has 0 aliphatic carbocycles. The van der Waals surface area contributed by atoms with Gasteiger partial charge in [-0.05, 0) is 18.9 Å². The molecule has 1 aromatic heterocycles. The molecule has 4 heteroatoms. The van der Waals surface area contributed by atoms with Gasteiger partial charge in [0.25, 0.3) is 0 Å². The number of imidazole rings is 1. The van der Waals surface area contributed by atoms with Crippen LogP contribution in [-0.2, 0) is 6.54 Å². The Morgan fingerprint density at radius 2 is 2.18 bits per heavy atom. The molecule has 2 aromatic rings. The number of halogens is 1. The monoisotopic (exact) mass is 248 g/mol. The molecule has 0 radical (unpaired) electrons. The molecule has 17 heavy (non-hydrogen) atoms. The van der Waals surface area contributed by atoms with E-state index in [1.165, 1.54) is 0 Å². The van der Waals surface area contributed by atoms with Gasteiger partial charge in [-0.15, -0.1) is 0 Å². The molecule has 1 aromatic carbocycles. The Hall–Kier alpha value is -1.32. The molecule has 0 saturated carbocycles. The molecular weight excluding hydrogens is 236 g/mol. The zero-order chi connectivity index (χ0) is 11.8. The molecule has 2 heterocycles. The predicted molar refractivity (Wildman–Crippen MR) is 66.9 cm³/mol. The van der Waals surface area contributed by atoms with Crippen molar-refractivity contribution in [2.24, 2.45) is 0 Å². The molecule has 0 amide bonds. The summed E-state index contributed by atoms with van der Waals surface area (Å²) >= 11 is 6.15. The number of nitrogens with zero attached hydrogens (tertiary/aromatic N) is 2. The van der Waals surface area contributed by atoms with E-state index in [1.54, 1.807) is 0 Å². The Morgan fingerprint density at radius 1 is 1.35 bits per heavy atom. The summed E-state index contributed by atoms with van der Waals surface area (Å²) in [5.41, 5.74) is 1.76. The maximum Gasteiger partial charge on any atom is 0.138 e. The van der Waals surface area contributed by atoms with Crippen LogP contribution in [0.2, 0.25) is 5.02 Å². The maximum absolute atomic E-state index is 9.87. The van der Waals surface area contributed by atoms with Crippen molar-refractivity contribution in [3.63, 3.8) is 0 Å². The number of aliphatic hydroxyl groups excluding tert-OH is 1. The molecular formula is C13H13ClN2O. The van der Waals surface area contributed by atoms with E-state index in [0.29, 0.717) is 5.02 Å². The van der Waals surface area contributed by atoms with E-state index in [4.69, 9.17) is 11.6 Å². The van der Waals surface area contributed by atoms with Gasteiger partial charge in [-0.3, -0.25) is 0 Å². The molecule has 3 rings (SSSR count). The third-order valence-corrected chi connectivity index (χ3v) is 3.46. The van der Waals surface area contributed by atoms with Gasteiger partial charge < -0.3 is 9.67 Å². The highest BCUT2D eigenvalue weighted by Crippen LogP contribution is 2.31. The highest BCUT2D eigenvalue weighted by Gasteiger charge is 2.21. The van der Waals surface area contributed by atoms with Gasteiger partial charge in [0.15, 0.2) is 0 Å². The lowest BCUT2D eigenvalue weighted by molar-refractivity contribution is 0.134. The minimum atomic E-state index is -0.444. The third-order valence-electron chi connectivity index (χ3n) is 3.13. The number of hydrogen-bond acceptors (Lipinski definition) is 2. The maximum atomic E-state index is 9.87. The molecule has 3 nitrogen and oxygen atoms in total. The Balaban J connectivity index is 2.08. The van der Waals surface area contributed by atoms with Crippen LogP contribution in [0.4, 0.5) is 0 Å². The van der Waals surface area contributed by atoms with Gasteiger partial charge in [0, 0.05) is 18.3 Å². The van der Waals surface area contributed by atoms with Gasteiger partial charge in [-0.1, -0.05) is 29.8 Å². The van der Waals surface area contributed by atoms with Crippen LogP contribution < -0.4 is 0 Å². The number of aryl methyl sites for hydroxylation is 1. The lowest BCUT2D eigenvalue weighted by Crippen LogP contribution is -2.14. The molecule has 1 aliphatic rings. The third kappa shape index (κ3) is 1.85. The van der Waals surface area contributed by atoms with Crippen LogP contribution in [0.3, 0.4) is 0 Å². The molecule has 1 aliphatic heterocycles. The first-order valence-corrected chi connectivity index (χ1v) is 6.13. The van der Waals surface area contributed by atoms with Crippen LogP contribution in [0.1, 0.15) is 24.8 Å². The van der Waals surface area contributed by atoms with Crippen LogP contribution in [0.15, 0.2) is 30.5 Å². The fourth-order valence-electron chi connectivity index (χ4n) is 2.26. The quantitative estimate of drug-likeness (QED) is 0.842. The molecule has 0 fully saturated rings. The number of fused-ring (bicyclic) bond motifs is 1. The molecule has 0 saturated heterocycles. The van der Waals surface area contributed by atoms with Gasteiger partial charge in [-0.2, -0.15) is 0 Å². The van der Waals surface area contributed by atoms with Crippen molar-refractivity contribution in [3.8, 4) is 11.3 Å². The Bertz CT molecular complexity index is 550. The van der Waals surface area contributed by atoms with Gasteiger partial charge in [-0.25, -0.2) is 4.98 Å². The lowest BCUT2D eigenvalue weighted by Gasteiger charge is -2.18. The minimum absolute atomic E-state index is 0.444. The van der Waals surface area contributed by atoms with Crippen molar-refractivity contribution < 1.29 is 5.11 Å². The first kappa shape index (κ1) is 10.8. The number of benzene rings is 1. The van der Waals surface area contributed by atoms with Gasteiger partial charge in [0.05, 0.1) is 10.7 Å². The zero-order valence-corrected chi connectivity index (χ0v) is 10.1. The normalized spacial score (nSPS) is 19.1. The average molecular weight is 249 g/mol. The second-order valence-corrected chi connectivity index (χ2v) is 4.72. The van der Waals surface area contributed by atoms with E-state index >= 15 is 0 Å². The van der Waals surface area contributed by atoms with E-state index < -0.39 is 6.10 Å². The van der Waals surface area contributed by atoms with Crippen molar-refractivity contribution in [2.75, 3.05) is 0 Å². The van der Waals surface area contributed by atoms with Crippen molar-refractivity contribution in [2.45, 2.75) is 25.5 Å². The Kier molecular flexibility index (Phi) is 2.65. The van der Waals surface area contributed by atoms with E-state index in [2.05, 4.69) is 4.98 Å². The SMILES string of the molecule is OC1CCCn2cc(-c3ccccc3Cl)nc21. The zero-order valence-electron chi connectivity index (χ0n) is 9.31. The predicted octanol–water partition coefficient (Wildman–Crippen LogP) is 3.03. The number of hydrogen-bond donors (Lipinski definition) is 1. The molecule has 0 bridgehead atoms. The summed E-state index contributed by atoms with van der Waals surface area (Å²) < 4.78 is 2.02. The van der Waals surface area contributed by atoms with Gasteiger partial charge in [0.2, 0.25) is 0 Å². The smallest absolute Gasteiger partial charge is 0.138 e. The number of aliphatic hydroxyl groups is 1. The number of aromatic nitrogens is 2. The summed E-state index contributed by atoms with van der Waals surface area (Å²) in [7, 11) is 0. The molecule has 88 valence electrons. The van der Waals surface area contributed by atoms with Crippen LogP contribution >= 0.6 is 11.6 Å². The van der Waals surface area contributed by atoms with Crippen molar-refractivity contribution >= 4 is 11.6 Å². The van der Waals surface area contributed by atoms with Crippen molar-refractivity contribution in [1.29, 1.82) is 0 Å². The summed E-state index contributed by atoms with van der Waals surface area (Å²) in [6.07, 6.45) is 3.31. The van der Waals surface area contributed by atoms with Crippen LogP contribution in [0, 0.1) is 0 Å². The Labute approximate surface area is 105 Å². The van der Waals surface area contributed by atoms with E-state index in [1.807, 2.05) is 35.0 Å². The highest BCUT2D eigenvalue weighted by atomic mass is 35.5. The van der Waals surface area contributed by atoms with Gasteiger partial charge in [0.1, 0.15) is 11.9 Å². The summed E-state index contributed by atoms with van der Waals surface area (Å²) in [5, 5.41) is 10.6. The van der Waals surface area contributed by atoms with Crippen molar-refractivity contribution in [3.05, 3.63) is 41.3 Å². The fraction of sp³-hybridized carbons (Fsp3) is 0.308. The fourth-order valence-corrected chi connectivity index (χ4v) is 2.49. The second kappa shape index (κ2) is 4.17. The average Bonchev–Trinajstić information content (AvgIpc) is 2.75. The van der Waals surface area contributed by atoms with E-state index in [9.17, 15) is 5.11 Å². The largest absolute Gasteiger partial charge is 0.385 e. The second-order valence-electron chi connectivity index (χ2n) is 4.32. The van der Waals surface area contributed by atoms with E-state index in [0.717, 1.165) is 36.5 Å². The summed E-state index contributed by atoms with van der Waals surface area (Å²) in [6.45, 7) is 0.920. The first-order valence-electron chi connectivity index (χ1n) is 5.76. The topological polar surface area (TPSA) is 38.0 Å². The summed E-state index contributed by atoms with van der Waals surface area (Å²) in [6, 6.07) is 7.64. The van der Waals surface area contributed by atoms with E-state index in [-0.39, 0.29) is 0 Å². The highest BCUT2D eigenvalue weighted by molar-refractivity contribution is 6.33. The van der Waals surface area contributed by atoms with Crippen LogP contribution in [0.25, 0.3) is 11.3 Å². The molecule has 1 atom stereocenters. The molecule has 1 N–H and O–H groups in total. The lowest BCUT2D eigenvalue weighted by atomic mass is 10.1. The standard InChI is InChI=1S/C13H13ClN2O/c14-10-5-2-1-4-9(10)11-8-16-7-3-6-12(17)13(16)15-11/h1-2,4-5,8,12,17H,3,6-7H2. The first-order chi connectivity index (χ1) is 8.25. The summed E-state index contributed by atoms with van der Waals surface area (Å²) in [5.74, 6) is 0.756. The minimum Gasteiger partial charge on any atom is -0.385 e. The number of rotatable bonds is 1. The van der Waals surface area contributed by atoms with Crippen LogP contribution in [-0.4, -0.2) is 14.7 Å². The summed E-state index contributed by atoms with van der Waals surface area (Å²) in [4.78, 5) is 4.49. The molecule has 1 unspecified atom stereocenters. The van der Waals surface area contributed by atoms with Crippen molar-refractivity contribution in [1.82, 2.24) is 9.55 Å².